The highest BCUT2D eigenvalue weighted by Gasteiger charge is 2.51. The second kappa shape index (κ2) is 9.82. The van der Waals surface area contributed by atoms with Crippen molar-refractivity contribution in [3.05, 3.63) is 89.9 Å². The zero-order valence-corrected chi connectivity index (χ0v) is 24.0. The molecule has 0 radical (unpaired) electrons. The van der Waals surface area contributed by atoms with Gasteiger partial charge in [0, 0.05) is 37.3 Å². The van der Waals surface area contributed by atoms with Crippen LogP contribution in [0, 0.1) is 10.8 Å². The lowest BCUT2D eigenvalue weighted by molar-refractivity contribution is -0.132. The molecule has 1 amide bonds. The Hall–Kier alpha value is -4.00. The van der Waals surface area contributed by atoms with Crippen LogP contribution < -0.4 is 14.2 Å². The maximum absolute atomic E-state index is 14.1. The minimum Gasteiger partial charge on any atom is -0.485 e. The van der Waals surface area contributed by atoms with E-state index < -0.39 is 0 Å². The predicted molar refractivity (Wildman–Crippen MR) is 156 cm³/mol. The van der Waals surface area contributed by atoms with Gasteiger partial charge >= 0.3 is 0 Å². The van der Waals surface area contributed by atoms with Crippen molar-refractivity contribution in [1.29, 1.82) is 0 Å². The molecule has 2 fully saturated rings. The third-order valence-corrected chi connectivity index (χ3v) is 9.04. The summed E-state index contributed by atoms with van der Waals surface area (Å²) in [5.74, 6) is 2.15. The monoisotopic (exact) mass is 551 g/mol. The molecule has 1 saturated heterocycles. The number of imidazole rings is 1. The SMILES string of the molecule is CC1(C)CC2CC(C)(CN2C(=O)CC(c2ccc3c(c2)OCO3)c2cnc3c(OCc4ccccc4)cccn23)C1. The summed E-state index contributed by atoms with van der Waals surface area (Å²) in [6.07, 6.45) is 7.56. The molecule has 2 aromatic heterocycles. The molecule has 0 N–H and O–H groups in total. The Kier molecular flexibility index (Phi) is 6.21. The van der Waals surface area contributed by atoms with Crippen LogP contribution >= 0.6 is 0 Å². The second-order valence-electron chi connectivity index (χ2n) is 13.1. The highest BCUT2D eigenvalue weighted by Crippen LogP contribution is 2.53. The second-order valence-corrected chi connectivity index (χ2v) is 13.1. The van der Waals surface area contributed by atoms with E-state index in [0.717, 1.165) is 54.0 Å². The molecule has 3 atom stereocenters. The minimum absolute atomic E-state index is 0.185. The van der Waals surface area contributed by atoms with Gasteiger partial charge in [0.05, 0.1) is 5.69 Å². The van der Waals surface area contributed by atoms with E-state index in [1.807, 2.05) is 73.1 Å². The standard InChI is InChI=1S/C34H37N3O4/c1-33(2)16-25-17-34(3,20-33)21-37(25)31(38)15-26(24-11-12-28-30(14-24)41-22-40-28)27-18-35-32-29(10-7-13-36(27)32)39-19-23-8-5-4-6-9-23/h4-14,18,25-26H,15-17,19-22H2,1-3H3. The number of hydrogen-bond acceptors (Lipinski definition) is 5. The van der Waals surface area contributed by atoms with E-state index in [2.05, 4.69) is 30.1 Å². The van der Waals surface area contributed by atoms with Gasteiger partial charge in [0.25, 0.3) is 0 Å². The zero-order valence-electron chi connectivity index (χ0n) is 24.0. The maximum atomic E-state index is 14.1. The molecular formula is C34H37N3O4. The number of hydrogen-bond donors (Lipinski definition) is 0. The molecule has 7 rings (SSSR count). The summed E-state index contributed by atoms with van der Waals surface area (Å²) in [7, 11) is 0. The topological polar surface area (TPSA) is 65.3 Å². The van der Waals surface area contributed by atoms with Crippen molar-refractivity contribution in [2.45, 2.75) is 65.0 Å². The molecule has 212 valence electrons. The number of benzene rings is 2. The first-order chi connectivity index (χ1) is 19.8. The van der Waals surface area contributed by atoms with Crippen LogP contribution in [0.3, 0.4) is 0 Å². The van der Waals surface area contributed by atoms with Crippen molar-refractivity contribution in [1.82, 2.24) is 14.3 Å². The summed E-state index contributed by atoms with van der Waals surface area (Å²) in [5, 5.41) is 0. The van der Waals surface area contributed by atoms with Crippen LogP contribution in [0.25, 0.3) is 5.65 Å². The van der Waals surface area contributed by atoms with Gasteiger partial charge in [0.2, 0.25) is 12.7 Å². The summed E-state index contributed by atoms with van der Waals surface area (Å²) >= 11 is 0. The Labute approximate surface area is 241 Å². The number of aromatic nitrogens is 2. The number of amides is 1. The normalized spacial score (nSPS) is 23.1. The zero-order chi connectivity index (χ0) is 28.2. The summed E-state index contributed by atoms with van der Waals surface area (Å²) in [6, 6.07) is 20.3. The van der Waals surface area contributed by atoms with Crippen LogP contribution in [-0.4, -0.2) is 39.6 Å². The highest BCUT2D eigenvalue weighted by atomic mass is 16.7. The lowest BCUT2D eigenvalue weighted by Gasteiger charge is -2.39. The first-order valence-electron chi connectivity index (χ1n) is 14.6. The Balaban J connectivity index is 1.22. The molecule has 1 saturated carbocycles. The number of pyridine rings is 1. The van der Waals surface area contributed by atoms with Crippen LogP contribution in [0.1, 0.15) is 69.2 Å². The van der Waals surface area contributed by atoms with Gasteiger partial charge in [0.15, 0.2) is 22.9 Å². The first-order valence-corrected chi connectivity index (χ1v) is 14.6. The molecule has 1 aliphatic carbocycles. The highest BCUT2D eigenvalue weighted by molar-refractivity contribution is 5.79. The van der Waals surface area contributed by atoms with Crippen molar-refractivity contribution in [2.75, 3.05) is 13.3 Å². The van der Waals surface area contributed by atoms with Crippen LogP contribution in [0.2, 0.25) is 0 Å². The fraction of sp³-hybridized carbons (Fsp3) is 0.412. The number of likely N-dealkylation sites (tertiary alicyclic amines) is 1. The van der Waals surface area contributed by atoms with Crippen LogP contribution in [0.5, 0.6) is 17.2 Å². The van der Waals surface area contributed by atoms with Crippen LogP contribution in [0.15, 0.2) is 73.1 Å². The molecule has 7 heteroatoms. The van der Waals surface area contributed by atoms with E-state index in [4.69, 9.17) is 19.2 Å². The fourth-order valence-corrected chi connectivity index (χ4v) is 7.68. The molecule has 4 heterocycles. The molecule has 2 bridgehead atoms. The van der Waals surface area contributed by atoms with Gasteiger partial charge < -0.3 is 23.5 Å². The van der Waals surface area contributed by atoms with Crippen LogP contribution in [-0.2, 0) is 11.4 Å². The summed E-state index contributed by atoms with van der Waals surface area (Å²) in [6.45, 7) is 8.54. The lowest BCUT2D eigenvalue weighted by atomic mass is 9.65. The van der Waals surface area contributed by atoms with E-state index in [0.29, 0.717) is 30.6 Å². The average molecular weight is 552 g/mol. The van der Waals surface area contributed by atoms with E-state index in [-0.39, 0.29) is 29.4 Å². The fourth-order valence-electron chi connectivity index (χ4n) is 7.68. The third-order valence-electron chi connectivity index (χ3n) is 9.04. The van der Waals surface area contributed by atoms with Crippen molar-refractivity contribution in [3.8, 4) is 17.2 Å². The predicted octanol–water partition coefficient (Wildman–Crippen LogP) is 6.59. The van der Waals surface area contributed by atoms with Gasteiger partial charge in [-0.05, 0) is 65.5 Å². The van der Waals surface area contributed by atoms with Crippen LogP contribution in [0.4, 0.5) is 0 Å². The van der Waals surface area contributed by atoms with Gasteiger partial charge in [-0.3, -0.25) is 4.79 Å². The summed E-state index contributed by atoms with van der Waals surface area (Å²) in [4.78, 5) is 21.1. The number of carbonyl (C=O) groups excluding carboxylic acids is 1. The molecule has 0 spiro atoms. The maximum Gasteiger partial charge on any atom is 0.231 e. The Bertz CT molecular complexity index is 1600. The third kappa shape index (κ3) is 4.92. The van der Waals surface area contributed by atoms with E-state index in [9.17, 15) is 4.79 Å². The van der Waals surface area contributed by atoms with Gasteiger partial charge in [-0.1, -0.05) is 57.2 Å². The largest absolute Gasteiger partial charge is 0.485 e. The van der Waals surface area contributed by atoms with Gasteiger partial charge in [-0.15, -0.1) is 0 Å². The molecule has 4 aromatic rings. The Morgan fingerprint density at radius 1 is 1.05 bits per heavy atom. The Morgan fingerprint density at radius 2 is 1.88 bits per heavy atom. The Morgan fingerprint density at radius 3 is 2.73 bits per heavy atom. The molecule has 41 heavy (non-hydrogen) atoms. The van der Waals surface area contributed by atoms with Gasteiger partial charge in [0.1, 0.15) is 6.61 Å². The quantitative estimate of drug-likeness (QED) is 0.259. The number of nitrogens with zero attached hydrogens (tertiary/aromatic N) is 3. The average Bonchev–Trinajstić information content (AvgIpc) is 3.65. The van der Waals surface area contributed by atoms with Crippen molar-refractivity contribution in [2.24, 2.45) is 10.8 Å². The number of fused-ring (bicyclic) bond motifs is 4. The molecule has 2 aliphatic heterocycles. The first kappa shape index (κ1) is 25.9. The smallest absolute Gasteiger partial charge is 0.231 e. The molecular weight excluding hydrogens is 514 g/mol. The number of carbonyl (C=O) groups is 1. The summed E-state index contributed by atoms with van der Waals surface area (Å²) < 4.78 is 19.6. The molecule has 3 aliphatic rings. The van der Waals surface area contributed by atoms with Crippen molar-refractivity contribution >= 4 is 11.6 Å². The van der Waals surface area contributed by atoms with Crippen molar-refractivity contribution in [3.63, 3.8) is 0 Å². The number of rotatable bonds is 7. The lowest BCUT2D eigenvalue weighted by Crippen LogP contribution is -2.38. The van der Waals surface area contributed by atoms with E-state index in [1.54, 1.807) is 0 Å². The molecule has 7 nitrogen and oxygen atoms in total. The molecule has 3 unspecified atom stereocenters. The van der Waals surface area contributed by atoms with Gasteiger partial charge in [-0.25, -0.2) is 4.98 Å². The summed E-state index contributed by atoms with van der Waals surface area (Å²) in [5.41, 5.74) is 4.23. The van der Waals surface area contributed by atoms with Gasteiger partial charge in [-0.2, -0.15) is 0 Å². The number of ether oxygens (including phenoxy) is 3. The van der Waals surface area contributed by atoms with E-state index in [1.165, 1.54) is 0 Å². The van der Waals surface area contributed by atoms with E-state index >= 15 is 0 Å². The minimum atomic E-state index is -0.211. The molecule has 2 aromatic carbocycles. The van der Waals surface area contributed by atoms with Crippen molar-refractivity contribution < 1.29 is 19.0 Å².